The molecule has 4 rings (SSSR count). The summed E-state index contributed by atoms with van der Waals surface area (Å²) in [4.78, 5) is 31.6. The highest BCUT2D eigenvalue weighted by atomic mass is 19.4. The summed E-state index contributed by atoms with van der Waals surface area (Å²) in [6.07, 6.45) is 6.57. The topological polar surface area (TPSA) is 122 Å². The number of aromatic nitrogens is 2. The molecule has 2 fully saturated rings. The number of rotatable bonds is 7. The van der Waals surface area contributed by atoms with Gasteiger partial charge in [0, 0.05) is 38.3 Å². The van der Waals surface area contributed by atoms with Crippen LogP contribution in [0.25, 0.3) is 0 Å². The number of carbonyl (C=O) groups excluding carboxylic acids is 2. The molecule has 2 amide bonds. The number of carbonyl (C=O) groups is 2. The number of hydrogen-bond acceptors (Lipinski definition) is 7. The number of methoxy groups -OCH3 is 1. The van der Waals surface area contributed by atoms with Crippen LogP contribution in [0.1, 0.15) is 93.8 Å². The molecule has 1 aromatic heterocycles. The van der Waals surface area contributed by atoms with E-state index in [1.807, 2.05) is 0 Å². The van der Waals surface area contributed by atoms with Crippen molar-refractivity contribution in [3.63, 3.8) is 0 Å². The maximum absolute atomic E-state index is 14.7. The van der Waals surface area contributed by atoms with Gasteiger partial charge in [-0.15, -0.1) is 0 Å². The zero-order valence-electron chi connectivity index (χ0n) is 26.3. The molecule has 1 saturated carbocycles. The summed E-state index contributed by atoms with van der Waals surface area (Å²) in [6, 6.07) is 2.23. The molecule has 0 unspecified atom stereocenters. The second kappa shape index (κ2) is 17.7. The molecule has 1 aliphatic carbocycles. The maximum Gasteiger partial charge on any atom is 0.419 e. The van der Waals surface area contributed by atoms with Crippen molar-refractivity contribution in [3.8, 4) is 5.75 Å². The first kappa shape index (κ1) is 36.7. The van der Waals surface area contributed by atoms with Crippen molar-refractivity contribution in [1.82, 2.24) is 20.2 Å². The average Bonchev–Trinajstić information content (AvgIpc) is 2.97. The maximum atomic E-state index is 14.7. The largest absolute Gasteiger partial charge is 0.495 e. The van der Waals surface area contributed by atoms with Gasteiger partial charge in [-0.05, 0) is 38.3 Å². The Labute approximate surface area is 257 Å². The molecule has 0 atom stereocenters. The number of amides is 2. The van der Waals surface area contributed by atoms with Crippen LogP contribution >= 0.6 is 0 Å². The third kappa shape index (κ3) is 11.9. The number of alkyl halides is 3. The lowest BCUT2D eigenvalue weighted by Gasteiger charge is -2.31. The van der Waals surface area contributed by atoms with Gasteiger partial charge in [0.25, 0.3) is 5.91 Å². The standard InChI is InChI=1S/C21H25F4N5O2.C8H16.C2H5NO/c1-4-30-7-5-13(6-8-30)28-19(31)14-9-18(32-3)17(10-16(14)22)29-20-26-11-15(12(2)27-20)21(23,24)25;1-2-8-6-4-3-5-7-8;1-2(3)4/h9-11,13H,4-8H2,1-3H3,(H,28,31)(H,26,27,29);8H,2-7H2,1H3;1H3,(H2,3,4). The van der Waals surface area contributed by atoms with E-state index in [0.717, 1.165) is 44.5 Å². The van der Waals surface area contributed by atoms with Gasteiger partial charge in [0.05, 0.1) is 29.6 Å². The van der Waals surface area contributed by atoms with Crippen molar-refractivity contribution in [2.45, 2.75) is 91.3 Å². The highest BCUT2D eigenvalue weighted by molar-refractivity contribution is 5.96. The van der Waals surface area contributed by atoms with Gasteiger partial charge in [0.2, 0.25) is 11.9 Å². The molecular weight excluding hydrogens is 580 g/mol. The molecule has 1 aromatic carbocycles. The molecule has 2 aliphatic rings. The first-order chi connectivity index (χ1) is 20.8. The number of nitrogens with two attached hydrogens (primary N) is 1. The minimum Gasteiger partial charge on any atom is -0.495 e. The number of primary amides is 1. The van der Waals surface area contributed by atoms with Crippen molar-refractivity contribution in [2.24, 2.45) is 11.7 Å². The lowest BCUT2D eigenvalue weighted by Crippen LogP contribution is -2.44. The number of nitrogens with zero attached hydrogens (tertiary/aromatic N) is 3. The Hall–Kier alpha value is -3.48. The summed E-state index contributed by atoms with van der Waals surface area (Å²) in [7, 11) is 1.33. The van der Waals surface area contributed by atoms with E-state index in [9.17, 15) is 27.2 Å². The number of likely N-dealkylation sites (tertiary alicyclic amines) is 1. The number of piperidine rings is 1. The van der Waals surface area contributed by atoms with Crippen molar-refractivity contribution in [2.75, 3.05) is 32.1 Å². The van der Waals surface area contributed by atoms with E-state index in [0.29, 0.717) is 6.20 Å². The van der Waals surface area contributed by atoms with Crippen molar-refractivity contribution in [1.29, 1.82) is 0 Å². The number of benzene rings is 1. The molecule has 0 radical (unpaired) electrons. The van der Waals surface area contributed by atoms with Gasteiger partial charge in [-0.3, -0.25) is 9.59 Å². The van der Waals surface area contributed by atoms with Crippen LogP contribution in [0.15, 0.2) is 18.3 Å². The molecule has 44 heavy (non-hydrogen) atoms. The van der Waals surface area contributed by atoms with E-state index in [2.05, 4.69) is 45.1 Å². The minimum absolute atomic E-state index is 0.0444. The van der Waals surface area contributed by atoms with Crippen molar-refractivity contribution in [3.05, 3.63) is 41.0 Å². The second-order valence-corrected chi connectivity index (χ2v) is 11.1. The first-order valence-corrected chi connectivity index (χ1v) is 15.1. The molecule has 1 saturated heterocycles. The number of halogens is 4. The summed E-state index contributed by atoms with van der Waals surface area (Å²) in [5, 5.41) is 5.51. The third-order valence-corrected chi connectivity index (χ3v) is 7.74. The van der Waals surface area contributed by atoms with Crippen LogP contribution in [0, 0.1) is 18.7 Å². The van der Waals surface area contributed by atoms with Crippen LogP contribution in [-0.4, -0.2) is 59.5 Å². The first-order valence-electron chi connectivity index (χ1n) is 15.1. The Morgan fingerprint density at radius 1 is 1.09 bits per heavy atom. The zero-order chi connectivity index (χ0) is 32.9. The van der Waals surface area contributed by atoms with E-state index in [1.165, 1.54) is 65.5 Å². The highest BCUT2D eigenvalue weighted by Crippen LogP contribution is 2.33. The highest BCUT2D eigenvalue weighted by Gasteiger charge is 2.33. The minimum atomic E-state index is -4.57. The van der Waals surface area contributed by atoms with Gasteiger partial charge >= 0.3 is 6.18 Å². The number of hydrogen-bond donors (Lipinski definition) is 3. The van der Waals surface area contributed by atoms with Gasteiger partial charge in [-0.2, -0.15) is 13.2 Å². The van der Waals surface area contributed by atoms with Gasteiger partial charge < -0.3 is 26.0 Å². The van der Waals surface area contributed by atoms with Gasteiger partial charge in [0.15, 0.2) is 0 Å². The second-order valence-electron chi connectivity index (χ2n) is 11.1. The molecule has 0 spiro atoms. The monoisotopic (exact) mass is 626 g/mol. The molecule has 9 nitrogen and oxygen atoms in total. The molecule has 4 N–H and O–H groups in total. The molecule has 2 heterocycles. The van der Waals surface area contributed by atoms with E-state index >= 15 is 0 Å². The SMILES string of the molecule is CC(N)=O.CCC1CCCCC1.CCN1CCC(NC(=O)c2cc(OC)c(Nc3ncc(C(F)(F)F)c(C)n3)cc2F)CC1. The molecule has 2 aromatic rings. The Bertz CT molecular complexity index is 1210. The van der Waals surface area contributed by atoms with Crippen LogP contribution in [0.5, 0.6) is 5.75 Å². The van der Waals surface area contributed by atoms with E-state index in [-0.39, 0.29) is 40.6 Å². The molecule has 246 valence electrons. The van der Waals surface area contributed by atoms with E-state index < -0.39 is 23.5 Å². The van der Waals surface area contributed by atoms with Crippen molar-refractivity contribution >= 4 is 23.5 Å². The lowest BCUT2D eigenvalue weighted by atomic mass is 9.88. The fraction of sp³-hybridized carbons (Fsp3) is 0.613. The van der Waals surface area contributed by atoms with Crippen LogP contribution in [0.3, 0.4) is 0 Å². The smallest absolute Gasteiger partial charge is 0.419 e. The van der Waals surface area contributed by atoms with E-state index in [1.54, 1.807) is 0 Å². The van der Waals surface area contributed by atoms with Crippen molar-refractivity contribution < 1.29 is 31.9 Å². The average molecular weight is 627 g/mol. The predicted octanol–water partition coefficient (Wildman–Crippen LogP) is 6.38. The third-order valence-electron chi connectivity index (χ3n) is 7.74. The number of anilines is 2. The Balaban J connectivity index is 0.000000470. The number of aryl methyl sites for hydroxylation is 1. The Kier molecular flexibility index (Phi) is 14.8. The fourth-order valence-corrected chi connectivity index (χ4v) is 5.17. The number of nitrogens with one attached hydrogen (secondary N) is 2. The van der Waals surface area contributed by atoms with Gasteiger partial charge in [-0.1, -0.05) is 52.4 Å². The van der Waals surface area contributed by atoms with Crippen LogP contribution in [0.4, 0.5) is 29.2 Å². The van der Waals surface area contributed by atoms with Gasteiger partial charge in [0.1, 0.15) is 11.6 Å². The van der Waals surface area contributed by atoms with Crippen LogP contribution in [-0.2, 0) is 11.0 Å². The normalized spacial score (nSPS) is 16.1. The number of ether oxygens (including phenoxy) is 1. The van der Waals surface area contributed by atoms with Crippen LogP contribution in [0.2, 0.25) is 0 Å². The summed E-state index contributed by atoms with van der Waals surface area (Å²) in [5.41, 5.74) is 3.13. The Morgan fingerprint density at radius 2 is 1.70 bits per heavy atom. The quantitative estimate of drug-likeness (QED) is 0.305. The summed E-state index contributed by atoms with van der Waals surface area (Å²) < 4.78 is 58.7. The van der Waals surface area contributed by atoms with E-state index in [4.69, 9.17) is 4.74 Å². The Morgan fingerprint density at radius 3 is 2.18 bits per heavy atom. The molecule has 13 heteroatoms. The molecule has 1 aliphatic heterocycles. The summed E-state index contributed by atoms with van der Waals surface area (Å²) in [6.45, 7) is 9.57. The summed E-state index contributed by atoms with van der Waals surface area (Å²) >= 11 is 0. The summed E-state index contributed by atoms with van der Waals surface area (Å²) in [5.74, 6) is -0.639. The molecular formula is C31H46F4N6O3. The lowest BCUT2D eigenvalue weighted by molar-refractivity contribution is -0.138. The predicted molar refractivity (Wildman–Crippen MR) is 162 cm³/mol. The molecule has 0 bridgehead atoms. The van der Waals surface area contributed by atoms with Gasteiger partial charge in [-0.25, -0.2) is 14.4 Å². The zero-order valence-corrected chi connectivity index (χ0v) is 26.3. The fourth-order valence-electron chi connectivity index (χ4n) is 5.17. The van der Waals surface area contributed by atoms with Crippen LogP contribution < -0.4 is 21.1 Å².